The van der Waals surface area contributed by atoms with Crippen LogP contribution in [0.2, 0.25) is 0 Å². The van der Waals surface area contributed by atoms with Gasteiger partial charge in [-0.15, -0.1) is 0 Å². The lowest BCUT2D eigenvalue weighted by molar-refractivity contribution is 0.338. The van der Waals surface area contributed by atoms with E-state index in [-0.39, 0.29) is 0 Å². The summed E-state index contributed by atoms with van der Waals surface area (Å²) >= 11 is 0. The molecule has 48 valence electrons. The van der Waals surface area contributed by atoms with E-state index < -0.39 is 0 Å². The fourth-order valence-corrected chi connectivity index (χ4v) is 1.19. The van der Waals surface area contributed by atoms with Gasteiger partial charge in [0.05, 0.1) is 0 Å². The van der Waals surface area contributed by atoms with E-state index in [1.165, 1.54) is 19.5 Å². The van der Waals surface area contributed by atoms with Gasteiger partial charge in [-0.05, 0) is 18.9 Å². The zero-order valence-corrected chi connectivity index (χ0v) is 5.43. The Bertz CT molecular complexity index is 72.9. The van der Waals surface area contributed by atoms with Gasteiger partial charge in [-0.3, -0.25) is 4.90 Å². The fourth-order valence-electron chi connectivity index (χ4n) is 1.19. The van der Waals surface area contributed by atoms with Crippen molar-refractivity contribution in [1.82, 2.24) is 4.90 Å². The first-order valence-electron chi connectivity index (χ1n) is 3.25. The third-order valence-corrected chi connectivity index (χ3v) is 1.77. The molecule has 1 fully saturated rings. The average molecular weight is 114 g/mol. The first kappa shape index (κ1) is 6.05. The molecular formula is C6H14N2. The van der Waals surface area contributed by atoms with Gasteiger partial charge in [0.2, 0.25) is 0 Å². The Morgan fingerprint density at radius 3 is 2.75 bits per heavy atom. The van der Waals surface area contributed by atoms with Crippen LogP contribution < -0.4 is 5.73 Å². The number of nitrogens with zero attached hydrogens (tertiary/aromatic N) is 1. The first-order valence-corrected chi connectivity index (χ1v) is 3.25. The fraction of sp³-hybridized carbons (Fsp3) is 1.00. The van der Waals surface area contributed by atoms with Gasteiger partial charge >= 0.3 is 0 Å². The second-order valence-corrected chi connectivity index (χ2v) is 2.65. The summed E-state index contributed by atoms with van der Waals surface area (Å²) in [6, 6.07) is 0. The Hall–Kier alpha value is -0.0800. The Balaban J connectivity index is 2.22. The summed E-state index contributed by atoms with van der Waals surface area (Å²) in [4.78, 5) is 2.28. The second kappa shape index (κ2) is 2.46. The molecule has 0 aromatic rings. The number of hydrogen-bond donors (Lipinski definition) is 1. The van der Waals surface area contributed by atoms with Crippen molar-refractivity contribution in [1.29, 1.82) is 0 Å². The minimum absolute atomic E-state index is 0.740. The molecule has 0 amide bonds. The number of rotatable bonds is 1. The predicted octanol–water partition coefficient (Wildman–Crippen LogP) is 0.244. The van der Waals surface area contributed by atoms with Crippen molar-refractivity contribution < 1.29 is 0 Å². The lowest BCUT2D eigenvalue weighted by Crippen LogP contribution is -2.27. The molecule has 0 aromatic heterocycles. The van der Waals surface area contributed by atoms with Crippen LogP contribution in [0.25, 0.3) is 0 Å². The van der Waals surface area contributed by atoms with Gasteiger partial charge in [0, 0.05) is 13.2 Å². The minimum atomic E-state index is 0.740. The summed E-state index contributed by atoms with van der Waals surface area (Å²) in [6.45, 7) is 5.42. The standard InChI is InChI=1S/C6H14N2/c1-6-2-3-8(4-6)5-7/h6H,2-5,7H2,1H3. The van der Waals surface area contributed by atoms with Crippen LogP contribution in [0.15, 0.2) is 0 Å². The highest BCUT2D eigenvalue weighted by molar-refractivity contribution is 4.69. The van der Waals surface area contributed by atoms with Crippen LogP contribution in [-0.4, -0.2) is 24.7 Å². The van der Waals surface area contributed by atoms with E-state index in [0.717, 1.165) is 12.6 Å². The van der Waals surface area contributed by atoms with Gasteiger partial charge in [0.15, 0.2) is 0 Å². The van der Waals surface area contributed by atoms with E-state index in [1.54, 1.807) is 0 Å². The van der Waals surface area contributed by atoms with Gasteiger partial charge < -0.3 is 5.73 Å². The summed E-state index contributed by atoms with van der Waals surface area (Å²) in [5.74, 6) is 0.874. The van der Waals surface area contributed by atoms with Crippen LogP contribution in [-0.2, 0) is 0 Å². The van der Waals surface area contributed by atoms with Crippen LogP contribution in [0.4, 0.5) is 0 Å². The third kappa shape index (κ3) is 1.20. The molecule has 2 heteroatoms. The Morgan fingerprint density at radius 1 is 1.75 bits per heavy atom. The maximum Gasteiger partial charge on any atom is 0.0455 e. The van der Waals surface area contributed by atoms with Crippen molar-refractivity contribution in [3.05, 3.63) is 0 Å². The van der Waals surface area contributed by atoms with Crippen molar-refractivity contribution in [2.45, 2.75) is 13.3 Å². The zero-order chi connectivity index (χ0) is 5.98. The van der Waals surface area contributed by atoms with Crippen LogP contribution in [0.3, 0.4) is 0 Å². The molecule has 1 aliphatic rings. The molecule has 1 unspecified atom stereocenters. The average Bonchev–Trinajstić information content (AvgIpc) is 2.14. The van der Waals surface area contributed by atoms with Gasteiger partial charge in [-0.25, -0.2) is 0 Å². The van der Waals surface area contributed by atoms with Crippen LogP contribution in [0.5, 0.6) is 0 Å². The van der Waals surface area contributed by atoms with Crippen molar-refractivity contribution in [2.75, 3.05) is 19.8 Å². The molecule has 0 aliphatic carbocycles. The van der Waals surface area contributed by atoms with E-state index >= 15 is 0 Å². The molecule has 1 atom stereocenters. The molecule has 0 radical (unpaired) electrons. The van der Waals surface area contributed by atoms with Crippen molar-refractivity contribution >= 4 is 0 Å². The van der Waals surface area contributed by atoms with Crippen molar-refractivity contribution in [3.63, 3.8) is 0 Å². The van der Waals surface area contributed by atoms with Crippen molar-refractivity contribution in [3.8, 4) is 0 Å². The SMILES string of the molecule is CC1CCN(CN)C1. The molecule has 0 spiro atoms. The van der Waals surface area contributed by atoms with Gasteiger partial charge in [-0.1, -0.05) is 6.92 Å². The molecule has 0 saturated carbocycles. The van der Waals surface area contributed by atoms with Crippen LogP contribution in [0.1, 0.15) is 13.3 Å². The van der Waals surface area contributed by atoms with Crippen molar-refractivity contribution in [2.24, 2.45) is 11.7 Å². The molecule has 1 saturated heterocycles. The maximum absolute atomic E-state index is 5.42. The smallest absolute Gasteiger partial charge is 0.0455 e. The van der Waals surface area contributed by atoms with E-state index in [0.29, 0.717) is 0 Å². The Labute approximate surface area is 50.7 Å². The minimum Gasteiger partial charge on any atom is -0.318 e. The molecule has 2 N–H and O–H groups in total. The van der Waals surface area contributed by atoms with E-state index in [1.807, 2.05) is 0 Å². The Kier molecular flexibility index (Phi) is 1.86. The highest BCUT2D eigenvalue weighted by Crippen LogP contribution is 2.12. The molecule has 1 aliphatic heterocycles. The number of hydrogen-bond acceptors (Lipinski definition) is 2. The summed E-state index contributed by atoms with van der Waals surface area (Å²) in [7, 11) is 0. The summed E-state index contributed by atoms with van der Waals surface area (Å²) in [6.07, 6.45) is 1.33. The molecule has 1 rings (SSSR count). The molecule has 1 heterocycles. The third-order valence-electron chi connectivity index (χ3n) is 1.77. The second-order valence-electron chi connectivity index (χ2n) is 2.65. The molecule has 2 nitrogen and oxygen atoms in total. The maximum atomic E-state index is 5.42. The highest BCUT2D eigenvalue weighted by Gasteiger charge is 2.15. The Morgan fingerprint density at radius 2 is 2.50 bits per heavy atom. The van der Waals surface area contributed by atoms with Gasteiger partial charge in [-0.2, -0.15) is 0 Å². The monoisotopic (exact) mass is 114 g/mol. The van der Waals surface area contributed by atoms with Crippen LogP contribution in [0, 0.1) is 5.92 Å². The quantitative estimate of drug-likeness (QED) is 0.529. The van der Waals surface area contributed by atoms with E-state index in [4.69, 9.17) is 5.73 Å². The largest absolute Gasteiger partial charge is 0.318 e. The zero-order valence-electron chi connectivity index (χ0n) is 5.43. The number of nitrogens with two attached hydrogens (primary N) is 1. The van der Waals surface area contributed by atoms with Gasteiger partial charge in [0.25, 0.3) is 0 Å². The topological polar surface area (TPSA) is 29.3 Å². The highest BCUT2D eigenvalue weighted by atomic mass is 15.2. The normalized spacial score (nSPS) is 31.5. The van der Waals surface area contributed by atoms with E-state index in [2.05, 4.69) is 11.8 Å². The molecular weight excluding hydrogens is 100 g/mol. The lowest BCUT2D eigenvalue weighted by Gasteiger charge is -2.09. The molecule has 0 aromatic carbocycles. The molecule has 8 heavy (non-hydrogen) atoms. The van der Waals surface area contributed by atoms with Gasteiger partial charge in [0.1, 0.15) is 0 Å². The first-order chi connectivity index (χ1) is 3.83. The summed E-state index contributed by atoms with van der Waals surface area (Å²) < 4.78 is 0. The summed E-state index contributed by atoms with van der Waals surface area (Å²) in [5, 5.41) is 0. The molecule has 0 bridgehead atoms. The predicted molar refractivity (Wildman–Crippen MR) is 34.4 cm³/mol. The lowest BCUT2D eigenvalue weighted by atomic mass is 10.2. The number of likely N-dealkylation sites (tertiary alicyclic amines) is 1. The summed E-state index contributed by atoms with van der Waals surface area (Å²) in [5.41, 5.74) is 5.42. The van der Waals surface area contributed by atoms with Crippen LogP contribution >= 0.6 is 0 Å². The van der Waals surface area contributed by atoms with E-state index in [9.17, 15) is 0 Å².